The standard InChI is InChI=1S/C18H25NO/c1-4-5-12(2)18-8-9-19-17(13(18)3)10-14-6-7-15(20)11-16(14)18/h4,6-7,11-13,17,19-20H,1,5,8-10H2,2-3H3/t12-,13+,17+,18-/m0/s1. The highest BCUT2D eigenvalue weighted by Gasteiger charge is 2.51. The van der Waals surface area contributed by atoms with Crippen LogP contribution in [-0.4, -0.2) is 17.7 Å². The highest BCUT2D eigenvalue weighted by Crippen LogP contribution is 2.52. The van der Waals surface area contributed by atoms with Crippen LogP contribution in [0.25, 0.3) is 0 Å². The van der Waals surface area contributed by atoms with Gasteiger partial charge in [-0.25, -0.2) is 0 Å². The van der Waals surface area contributed by atoms with Gasteiger partial charge in [0.2, 0.25) is 0 Å². The van der Waals surface area contributed by atoms with Crippen LogP contribution in [0.1, 0.15) is 37.8 Å². The molecule has 1 saturated heterocycles. The highest BCUT2D eigenvalue weighted by atomic mass is 16.3. The zero-order chi connectivity index (χ0) is 14.3. The summed E-state index contributed by atoms with van der Waals surface area (Å²) in [7, 11) is 0. The summed E-state index contributed by atoms with van der Waals surface area (Å²) >= 11 is 0. The maximum Gasteiger partial charge on any atom is 0.115 e. The molecule has 2 bridgehead atoms. The van der Waals surface area contributed by atoms with Gasteiger partial charge in [0.25, 0.3) is 0 Å². The van der Waals surface area contributed by atoms with Gasteiger partial charge in [0, 0.05) is 11.5 Å². The van der Waals surface area contributed by atoms with Gasteiger partial charge in [-0.15, -0.1) is 6.58 Å². The van der Waals surface area contributed by atoms with Gasteiger partial charge in [-0.3, -0.25) is 0 Å². The van der Waals surface area contributed by atoms with Crippen molar-refractivity contribution in [3.05, 3.63) is 42.0 Å². The molecule has 0 radical (unpaired) electrons. The van der Waals surface area contributed by atoms with Crippen molar-refractivity contribution in [1.82, 2.24) is 5.32 Å². The number of nitrogens with one attached hydrogen (secondary N) is 1. The van der Waals surface area contributed by atoms with Crippen LogP contribution in [0, 0.1) is 11.8 Å². The number of piperidine rings is 1. The van der Waals surface area contributed by atoms with Gasteiger partial charge in [0.1, 0.15) is 5.75 Å². The number of hydrogen-bond acceptors (Lipinski definition) is 2. The molecule has 1 aromatic rings. The Balaban J connectivity index is 2.17. The lowest BCUT2D eigenvalue weighted by Crippen LogP contribution is -2.59. The van der Waals surface area contributed by atoms with Gasteiger partial charge >= 0.3 is 0 Å². The van der Waals surface area contributed by atoms with Crippen LogP contribution in [0.3, 0.4) is 0 Å². The zero-order valence-electron chi connectivity index (χ0n) is 12.5. The van der Waals surface area contributed by atoms with E-state index < -0.39 is 0 Å². The minimum absolute atomic E-state index is 0.177. The number of rotatable bonds is 3. The van der Waals surface area contributed by atoms with E-state index in [1.165, 1.54) is 11.1 Å². The van der Waals surface area contributed by atoms with Crippen LogP contribution in [0.15, 0.2) is 30.9 Å². The van der Waals surface area contributed by atoms with Crippen molar-refractivity contribution in [3.63, 3.8) is 0 Å². The second kappa shape index (κ2) is 4.92. The van der Waals surface area contributed by atoms with E-state index in [1.54, 1.807) is 0 Å². The van der Waals surface area contributed by atoms with Gasteiger partial charge in [-0.05, 0) is 60.9 Å². The first-order chi connectivity index (χ1) is 9.59. The number of allylic oxidation sites excluding steroid dienone is 1. The molecule has 1 aliphatic carbocycles. The Kier molecular flexibility index (Phi) is 3.37. The van der Waals surface area contributed by atoms with Gasteiger partial charge in [-0.2, -0.15) is 0 Å². The average Bonchev–Trinajstić information content (AvgIpc) is 2.41. The molecule has 1 aliphatic heterocycles. The molecular formula is C18H25NO. The minimum Gasteiger partial charge on any atom is -0.508 e. The third kappa shape index (κ3) is 1.81. The molecule has 0 amide bonds. The third-order valence-electron chi connectivity index (χ3n) is 5.80. The summed E-state index contributed by atoms with van der Waals surface area (Å²) in [4.78, 5) is 0. The van der Waals surface area contributed by atoms with E-state index in [1.807, 2.05) is 18.2 Å². The Morgan fingerprint density at radius 1 is 1.55 bits per heavy atom. The average molecular weight is 271 g/mol. The van der Waals surface area contributed by atoms with Crippen molar-refractivity contribution in [2.75, 3.05) is 6.54 Å². The van der Waals surface area contributed by atoms with E-state index in [4.69, 9.17) is 0 Å². The second-order valence-electron chi connectivity index (χ2n) is 6.61. The predicted molar refractivity (Wildman–Crippen MR) is 83.0 cm³/mol. The van der Waals surface area contributed by atoms with Crippen molar-refractivity contribution in [2.45, 2.75) is 44.6 Å². The van der Waals surface area contributed by atoms with E-state index in [-0.39, 0.29) is 5.41 Å². The number of hydrogen-bond donors (Lipinski definition) is 2. The normalized spacial score (nSPS) is 33.3. The van der Waals surface area contributed by atoms with Crippen molar-refractivity contribution in [3.8, 4) is 5.75 Å². The fraction of sp³-hybridized carbons (Fsp3) is 0.556. The maximum absolute atomic E-state index is 9.96. The van der Waals surface area contributed by atoms with Gasteiger partial charge < -0.3 is 10.4 Å². The summed E-state index contributed by atoms with van der Waals surface area (Å²) in [5.41, 5.74) is 2.97. The minimum atomic E-state index is 0.177. The van der Waals surface area contributed by atoms with Crippen LogP contribution in [0.4, 0.5) is 0 Å². The monoisotopic (exact) mass is 271 g/mol. The maximum atomic E-state index is 9.96. The molecule has 3 rings (SSSR count). The molecule has 1 heterocycles. The van der Waals surface area contributed by atoms with E-state index in [2.05, 4.69) is 31.8 Å². The van der Waals surface area contributed by atoms with E-state index in [9.17, 15) is 5.11 Å². The van der Waals surface area contributed by atoms with Crippen molar-refractivity contribution in [1.29, 1.82) is 0 Å². The lowest BCUT2D eigenvalue weighted by atomic mass is 9.53. The number of fused-ring (bicyclic) bond motifs is 4. The van der Waals surface area contributed by atoms with Crippen LogP contribution < -0.4 is 5.32 Å². The first-order valence-electron chi connectivity index (χ1n) is 7.76. The summed E-state index contributed by atoms with van der Waals surface area (Å²) in [5.74, 6) is 1.55. The highest BCUT2D eigenvalue weighted by molar-refractivity contribution is 5.45. The zero-order valence-corrected chi connectivity index (χ0v) is 12.5. The number of phenolic OH excluding ortho intramolecular Hbond substituents is 1. The van der Waals surface area contributed by atoms with E-state index >= 15 is 0 Å². The molecule has 2 nitrogen and oxygen atoms in total. The molecule has 1 fully saturated rings. The molecule has 1 aromatic carbocycles. The SMILES string of the molecule is C=CC[C@H](C)[C@]12CCN[C@H](Cc3ccc(O)cc31)[C@H]2C. The Hall–Kier alpha value is -1.28. The number of phenols is 1. The smallest absolute Gasteiger partial charge is 0.115 e. The van der Waals surface area contributed by atoms with E-state index in [0.717, 1.165) is 25.8 Å². The lowest BCUT2D eigenvalue weighted by molar-refractivity contribution is 0.0887. The molecule has 4 atom stereocenters. The largest absolute Gasteiger partial charge is 0.508 e. The second-order valence-corrected chi connectivity index (χ2v) is 6.61. The predicted octanol–water partition coefficient (Wildman–Crippen LogP) is 3.40. The topological polar surface area (TPSA) is 32.3 Å². The molecule has 0 unspecified atom stereocenters. The van der Waals surface area contributed by atoms with Gasteiger partial charge in [0.15, 0.2) is 0 Å². The molecule has 0 aromatic heterocycles. The number of benzene rings is 1. The van der Waals surface area contributed by atoms with E-state index in [0.29, 0.717) is 23.6 Å². The lowest BCUT2D eigenvalue weighted by Gasteiger charge is -2.55. The Morgan fingerprint density at radius 3 is 3.10 bits per heavy atom. The first kappa shape index (κ1) is 13.7. The quantitative estimate of drug-likeness (QED) is 0.826. The molecule has 108 valence electrons. The summed E-state index contributed by atoms with van der Waals surface area (Å²) in [6, 6.07) is 6.53. The molecular weight excluding hydrogens is 246 g/mol. The molecule has 2 N–H and O–H groups in total. The summed E-state index contributed by atoms with van der Waals surface area (Å²) in [5, 5.41) is 13.7. The molecule has 0 saturated carbocycles. The van der Waals surface area contributed by atoms with Gasteiger partial charge in [-0.1, -0.05) is 26.0 Å². The molecule has 20 heavy (non-hydrogen) atoms. The van der Waals surface area contributed by atoms with Crippen LogP contribution in [-0.2, 0) is 11.8 Å². The molecule has 0 spiro atoms. The van der Waals surface area contributed by atoms with Crippen LogP contribution >= 0.6 is 0 Å². The van der Waals surface area contributed by atoms with Crippen LogP contribution in [0.2, 0.25) is 0 Å². The summed E-state index contributed by atoms with van der Waals surface area (Å²) in [6.45, 7) is 9.73. The Morgan fingerprint density at radius 2 is 2.35 bits per heavy atom. The molecule has 2 heteroatoms. The summed E-state index contributed by atoms with van der Waals surface area (Å²) < 4.78 is 0. The van der Waals surface area contributed by atoms with Crippen molar-refractivity contribution >= 4 is 0 Å². The number of aromatic hydroxyl groups is 1. The van der Waals surface area contributed by atoms with Crippen LogP contribution in [0.5, 0.6) is 5.75 Å². The van der Waals surface area contributed by atoms with Crippen molar-refractivity contribution < 1.29 is 5.11 Å². The summed E-state index contributed by atoms with van der Waals surface area (Å²) in [6.07, 6.45) is 5.31. The fourth-order valence-electron chi connectivity index (χ4n) is 4.69. The molecule has 2 aliphatic rings. The Bertz CT molecular complexity index is 524. The van der Waals surface area contributed by atoms with Gasteiger partial charge in [0.05, 0.1) is 0 Å². The fourth-order valence-corrected chi connectivity index (χ4v) is 4.69. The van der Waals surface area contributed by atoms with Crippen molar-refractivity contribution in [2.24, 2.45) is 11.8 Å². The Labute approximate surface area is 121 Å². The third-order valence-corrected chi connectivity index (χ3v) is 5.80. The first-order valence-corrected chi connectivity index (χ1v) is 7.76.